The summed E-state index contributed by atoms with van der Waals surface area (Å²) in [7, 11) is 0. The van der Waals surface area contributed by atoms with E-state index in [4.69, 9.17) is 20.8 Å². The molecule has 4 rings (SSSR count). The van der Waals surface area contributed by atoms with Crippen molar-refractivity contribution in [3.05, 3.63) is 104 Å². The molecule has 174 valence electrons. The van der Waals surface area contributed by atoms with Crippen molar-refractivity contribution in [2.24, 2.45) is 0 Å². The van der Waals surface area contributed by atoms with Crippen molar-refractivity contribution >= 4 is 28.9 Å². The predicted molar refractivity (Wildman–Crippen MR) is 126 cm³/mol. The van der Waals surface area contributed by atoms with Crippen LogP contribution in [-0.4, -0.2) is 20.6 Å². The lowest BCUT2D eigenvalue weighted by atomic mass is 10.2. The number of halogens is 1. The molecule has 2 heterocycles. The van der Waals surface area contributed by atoms with E-state index in [0.29, 0.717) is 28.7 Å². The first-order chi connectivity index (χ1) is 16.3. The van der Waals surface area contributed by atoms with Crippen molar-refractivity contribution in [2.45, 2.75) is 27.0 Å². The van der Waals surface area contributed by atoms with Gasteiger partial charge in [-0.1, -0.05) is 35.9 Å². The Balaban J connectivity index is 1.43. The topological polar surface area (TPSA) is 112 Å². The van der Waals surface area contributed by atoms with Gasteiger partial charge < -0.3 is 14.5 Å². The molecule has 0 radical (unpaired) electrons. The summed E-state index contributed by atoms with van der Waals surface area (Å²) in [6.45, 7) is 4.13. The second-order valence-electron chi connectivity index (χ2n) is 7.57. The van der Waals surface area contributed by atoms with Gasteiger partial charge in [0.1, 0.15) is 12.4 Å². The number of nitrogens with zero attached hydrogens (tertiary/aromatic N) is 3. The maximum absolute atomic E-state index is 12.8. The average molecular weight is 481 g/mol. The molecule has 0 saturated heterocycles. The highest BCUT2D eigenvalue weighted by molar-refractivity contribution is 6.30. The number of benzene rings is 2. The van der Waals surface area contributed by atoms with Crippen LogP contribution in [0.1, 0.15) is 33.3 Å². The number of hydrogen-bond acceptors (Lipinski definition) is 6. The molecule has 0 aliphatic heterocycles. The summed E-state index contributed by atoms with van der Waals surface area (Å²) in [6.07, 6.45) is 0. The van der Waals surface area contributed by atoms with Crippen LogP contribution in [0.2, 0.25) is 5.02 Å². The van der Waals surface area contributed by atoms with Crippen LogP contribution in [0.3, 0.4) is 0 Å². The van der Waals surface area contributed by atoms with Gasteiger partial charge in [-0.25, -0.2) is 0 Å². The SMILES string of the molecule is Cc1nn(Cc2cccc(Cl)c2)c(C)c1NC(=O)c1ccc(COc2ccccc2[N+](=O)[O-])o1. The average Bonchev–Trinajstić information content (AvgIpc) is 3.38. The molecule has 9 nitrogen and oxygen atoms in total. The van der Waals surface area contributed by atoms with Gasteiger partial charge in [-0.3, -0.25) is 19.6 Å². The van der Waals surface area contributed by atoms with Crippen LogP contribution in [0.4, 0.5) is 11.4 Å². The molecular formula is C24H21ClN4O5. The summed E-state index contributed by atoms with van der Waals surface area (Å²) in [5, 5.41) is 19.1. The minimum atomic E-state index is -0.520. The van der Waals surface area contributed by atoms with E-state index < -0.39 is 10.8 Å². The number of ether oxygens (including phenoxy) is 1. The van der Waals surface area contributed by atoms with Crippen molar-refractivity contribution < 1.29 is 18.9 Å². The number of aromatic nitrogens is 2. The van der Waals surface area contributed by atoms with Gasteiger partial charge in [0.05, 0.1) is 28.5 Å². The Hall–Kier alpha value is -4.11. The fraction of sp³-hybridized carbons (Fsp3) is 0.167. The molecule has 4 aromatic rings. The number of amides is 1. The van der Waals surface area contributed by atoms with Gasteiger partial charge in [-0.15, -0.1) is 0 Å². The first-order valence-corrected chi connectivity index (χ1v) is 10.7. The zero-order chi connectivity index (χ0) is 24.2. The molecule has 0 fully saturated rings. The van der Waals surface area contributed by atoms with E-state index in [2.05, 4.69) is 10.4 Å². The molecule has 0 spiro atoms. The fourth-order valence-electron chi connectivity index (χ4n) is 3.47. The Kier molecular flexibility index (Phi) is 6.65. The normalized spacial score (nSPS) is 10.8. The van der Waals surface area contributed by atoms with Gasteiger partial charge in [0.15, 0.2) is 11.5 Å². The predicted octanol–water partition coefficient (Wildman–Crippen LogP) is 5.53. The molecule has 0 aliphatic carbocycles. The summed E-state index contributed by atoms with van der Waals surface area (Å²) in [5.74, 6) is 0.120. The van der Waals surface area contributed by atoms with Gasteiger partial charge in [-0.05, 0) is 49.7 Å². The minimum absolute atomic E-state index is 0.0617. The van der Waals surface area contributed by atoms with Crippen LogP contribution in [0.5, 0.6) is 5.75 Å². The summed E-state index contributed by atoms with van der Waals surface area (Å²) >= 11 is 6.07. The maximum atomic E-state index is 12.8. The molecule has 1 amide bonds. The van der Waals surface area contributed by atoms with E-state index in [0.717, 1.165) is 11.3 Å². The Morgan fingerprint density at radius 1 is 1.18 bits per heavy atom. The molecule has 0 bridgehead atoms. The number of rotatable bonds is 8. The van der Waals surface area contributed by atoms with Crippen molar-refractivity contribution in [3.63, 3.8) is 0 Å². The third-order valence-corrected chi connectivity index (χ3v) is 5.39. The van der Waals surface area contributed by atoms with Crippen molar-refractivity contribution in [1.82, 2.24) is 9.78 Å². The standard InChI is InChI=1S/C24H21ClN4O5/c1-15-23(16(2)28(27-15)13-17-6-5-7-18(25)12-17)26-24(30)22-11-10-19(34-22)14-33-21-9-4-3-8-20(21)29(31)32/h3-12H,13-14H2,1-2H3,(H,26,30). The van der Waals surface area contributed by atoms with Gasteiger partial charge in [0, 0.05) is 11.1 Å². The van der Waals surface area contributed by atoms with Crippen LogP contribution < -0.4 is 10.1 Å². The molecule has 0 atom stereocenters. The summed E-state index contributed by atoms with van der Waals surface area (Å²) in [5.41, 5.74) is 2.90. The Morgan fingerprint density at radius 2 is 1.97 bits per heavy atom. The number of nitro benzene ring substituents is 1. The lowest BCUT2D eigenvalue weighted by molar-refractivity contribution is -0.386. The highest BCUT2D eigenvalue weighted by Crippen LogP contribution is 2.27. The second kappa shape index (κ2) is 9.80. The van der Waals surface area contributed by atoms with Gasteiger partial charge in [0.25, 0.3) is 5.91 Å². The van der Waals surface area contributed by atoms with Crippen molar-refractivity contribution in [1.29, 1.82) is 0 Å². The molecule has 0 saturated carbocycles. The van der Waals surface area contributed by atoms with E-state index >= 15 is 0 Å². The monoisotopic (exact) mass is 480 g/mol. The fourth-order valence-corrected chi connectivity index (χ4v) is 3.68. The first-order valence-electron chi connectivity index (χ1n) is 10.4. The number of hydrogen-bond donors (Lipinski definition) is 1. The lowest BCUT2D eigenvalue weighted by Crippen LogP contribution is -2.12. The number of furan rings is 1. The lowest BCUT2D eigenvalue weighted by Gasteiger charge is -2.07. The summed E-state index contributed by atoms with van der Waals surface area (Å²) in [4.78, 5) is 23.4. The molecule has 0 unspecified atom stereocenters. The number of para-hydroxylation sites is 2. The zero-order valence-electron chi connectivity index (χ0n) is 18.4. The molecule has 10 heteroatoms. The highest BCUT2D eigenvalue weighted by atomic mass is 35.5. The number of carbonyl (C=O) groups excluding carboxylic acids is 1. The molecule has 2 aromatic heterocycles. The number of anilines is 1. The molecule has 34 heavy (non-hydrogen) atoms. The highest BCUT2D eigenvalue weighted by Gasteiger charge is 2.19. The van der Waals surface area contributed by atoms with Crippen LogP contribution in [0.15, 0.2) is 65.1 Å². The van der Waals surface area contributed by atoms with E-state index in [1.807, 2.05) is 38.1 Å². The summed E-state index contributed by atoms with van der Waals surface area (Å²) < 4.78 is 12.9. The zero-order valence-corrected chi connectivity index (χ0v) is 19.2. The Bertz CT molecular complexity index is 1360. The largest absolute Gasteiger partial charge is 0.479 e. The van der Waals surface area contributed by atoms with Crippen LogP contribution in [0.25, 0.3) is 0 Å². The van der Waals surface area contributed by atoms with E-state index in [1.54, 1.807) is 22.9 Å². The van der Waals surface area contributed by atoms with Crippen LogP contribution in [0, 0.1) is 24.0 Å². The van der Waals surface area contributed by atoms with E-state index in [1.165, 1.54) is 18.2 Å². The van der Waals surface area contributed by atoms with E-state index in [9.17, 15) is 14.9 Å². The third kappa shape index (κ3) is 5.10. The van der Waals surface area contributed by atoms with Gasteiger partial charge in [0.2, 0.25) is 0 Å². The number of aryl methyl sites for hydroxylation is 1. The van der Waals surface area contributed by atoms with Gasteiger partial charge >= 0.3 is 5.69 Å². The Labute approximate surface area is 200 Å². The van der Waals surface area contributed by atoms with Crippen LogP contribution in [-0.2, 0) is 13.2 Å². The summed E-state index contributed by atoms with van der Waals surface area (Å²) in [6, 6.07) is 16.7. The number of nitro groups is 1. The maximum Gasteiger partial charge on any atom is 0.310 e. The number of carbonyl (C=O) groups is 1. The Morgan fingerprint density at radius 3 is 2.74 bits per heavy atom. The van der Waals surface area contributed by atoms with Crippen molar-refractivity contribution in [2.75, 3.05) is 5.32 Å². The molecule has 1 N–H and O–H groups in total. The smallest absolute Gasteiger partial charge is 0.310 e. The van der Waals surface area contributed by atoms with Crippen LogP contribution >= 0.6 is 11.6 Å². The van der Waals surface area contributed by atoms with E-state index in [-0.39, 0.29) is 23.8 Å². The first kappa shape index (κ1) is 23.1. The third-order valence-electron chi connectivity index (χ3n) is 5.16. The molecular weight excluding hydrogens is 460 g/mol. The van der Waals surface area contributed by atoms with Gasteiger partial charge in [-0.2, -0.15) is 5.10 Å². The molecule has 0 aliphatic rings. The molecule has 2 aromatic carbocycles. The quantitative estimate of drug-likeness (QED) is 0.262. The second-order valence-corrected chi connectivity index (χ2v) is 8.00. The minimum Gasteiger partial charge on any atom is -0.479 e. The van der Waals surface area contributed by atoms with Crippen molar-refractivity contribution in [3.8, 4) is 5.75 Å². The number of nitrogens with one attached hydrogen (secondary N) is 1.